The largest absolute Gasteiger partial charge is 0.416 e. The molecule has 0 fully saturated rings. The SMILES string of the molecule is CC(C)(C)C1=CCC(=c2cc(-c3ccc(C(F)(F)F)cc3)n3c2=C(c2cccc4c2sc2ccccc24)C2=C(c4ccc(C(C)(C)C)cc4)C=C(c4ccc(C(F)(F)F)cc4)CC2[B]3)C=C1. The molecule has 0 bridgehead atoms. The maximum absolute atomic E-state index is 14.0. The molecule has 1 atom stereocenters. The molecule has 0 N–H and O–H groups in total. The molecule has 0 amide bonds. The zero-order chi connectivity index (χ0) is 46.5. The monoisotopic (exact) mass is 902 g/mol. The number of benzene rings is 5. The van der Waals surface area contributed by atoms with Crippen molar-refractivity contribution in [2.24, 2.45) is 5.41 Å². The van der Waals surface area contributed by atoms with Crippen LogP contribution in [0.5, 0.6) is 0 Å². The number of nitrogens with zero attached hydrogens (tertiary/aromatic N) is 1. The molecule has 1 radical (unpaired) electrons. The molecule has 1 unspecified atom stereocenters. The highest BCUT2D eigenvalue weighted by Crippen LogP contribution is 2.51. The minimum absolute atomic E-state index is 0.0653. The lowest BCUT2D eigenvalue weighted by Gasteiger charge is -2.35. The second-order valence-corrected chi connectivity index (χ2v) is 20.8. The topological polar surface area (TPSA) is 4.93 Å². The summed E-state index contributed by atoms with van der Waals surface area (Å²) in [4.78, 5) is 0. The van der Waals surface area contributed by atoms with E-state index in [0.29, 0.717) is 24.0 Å². The fourth-order valence-electron chi connectivity index (χ4n) is 9.82. The average molecular weight is 903 g/mol. The summed E-state index contributed by atoms with van der Waals surface area (Å²) in [6.07, 6.45) is 0.986. The smallest absolute Gasteiger partial charge is 0.389 e. The van der Waals surface area contributed by atoms with Gasteiger partial charge in [0.1, 0.15) is 0 Å². The van der Waals surface area contributed by atoms with E-state index in [9.17, 15) is 26.3 Å². The highest BCUT2D eigenvalue weighted by Gasteiger charge is 2.37. The summed E-state index contributed by atoms with van der Waals surface area (Å²) in [7, 11) is 2.19. The van der Waals surface area contributed by atoms with E-state index in [2.05, 4.69) is 151 Å². The highest BCUT2D eigenvalue weighted by molar-refractivity contribution is 7.26. The van der Waals surface area contributed by atoms with Crippen molar-refractivity contribution in [3.8, 4) is 11.3 Å². The van der Waals surface area contributed by atoms with Crippen LogP contribution in [0.2, 0.25) is 5.82 Å². The van der Waals surface area contributed by atoms with Crippen LogP contribution in [0.25, 0.3) is 53.7 Å². The third-order valence-corrected chi connectivity index (χ3v) is 14.6. The summed E-state index contributed by atoms with van der Waals surface area (Å²) in [6, 6.07) is 36.4. The van der Waals surface area contributed by atoms with Crippen molar-refractivity contribution in [2.45, 2.75) is 78.0 Å². The number of allylic oxidation sites excluding steroid dienone is 8. The van der Waals surface area contributed by atoms with Crippen LogP contribution in [0.15, 0.2) is 157 Å². The van der Waals surface area contributed by atoms with Gasteiger partial charge in [-0.2, -0.15) is 26.3 Å². The predicted molar refractivity (Wildman–Crippen MR) is 262 cm³/mol. The number of hydrogen-bond acceptors (Lipinski definition) is 1. The van der Waals surface area contributed by atoms with E-state index in [-0.39, 0.29) is 16.6 Å². The standard InChI is InChI=1S/C57H47BF6NS/c1-54(2,3)38-22-16-34(17-23-38)45-30-37(33-14-26-40(27-15-33)56(59,60)61)31-47-50(45)51(44-12-9-11-43-42-10-7-8-13-49(42)66-53(43)44)52-46(35-18-24-39(25-19-35)55(4,5)6)32-48(65(52)58-47)36-20-28-41(29-21-36)57(62,63)64/h7-18,20-30,32,47H,19,31H2,1-6H3. The van der Waals surface area contributed by atoms with Gasteiger partial charge in [-0.15, -0.1) is 11.3 Å². The van der Waals surface area contributed by atoms with E-state index < -0.39 is 23.5 Å². The third kappa shape index (κ3) is 7.83. The van der Waals surface area contributed by atoms with Crippen molar-refractivity contribution in [2.75, 3.05) is 0 Å². The Labute approximate surface area is 385 Å². The molecule has 331 valence electrons. The second kappa shape index (κ2) is 15.8. The van der Waals surface area contributed by atoms with Gasteiger partial charge in [0, 0.05) is 47.6 Å². The average Bonchev–Trinajstić information content (AvgIpc) is 3.86. The van der Waals surface area contributed by atoms with Crippen molar-refractivity contribution in [1.82, 2.24) is 4.48 Å². The molecule has 3 aliphatic rings. The lowest BCUT2D eigenvalue weighted by Crippen LogP contribution is -2.42. The van der Waals surface area contributed by atoms with E-state index in [1.54, 1.807) is 35.6 Å². The Hall–Kier alpha value is -6.06. The number of rotatable bonds is 4. The third-order valence-electron chi connectivity index (χ3n) is 13.3. The molecule has 0 saturated carbocycles. The van der Waals surface area contributed by atoms with Crippen LogP contribution in [0.3, 0.4) is 0 Å². The first kappa shape index (κ1) is 43.8. The summed E-state index contributed by atoms with van der Waals surface area (Å²) in [5.41, 5.74) is 9.97. The van der Waals surface area contributed by atoms with Gasteiger partial charge in [-0.3, -0.25) is 0 Å². The van der Waals surface area contributed by atoms with Crippen LogP contribution < -0.4 is 10.6 Å². The van der Waals surface area contributed by atoms with E-state index in [4.69, 9.17) is 0 Å². The zero-order valence-electron chi connectivity index (χ0n) is 37.5. The first-order valence-electron chi connectivity index (χ1n) is 22.3. The van der Waals surface area contributed by atoms with Gasteiger partial charge in [-0.05, 0) is 116 Å². The molecule has 2 aromatic heterocycles. The summed E-state index contributed by atoms with van der Waals surface area (Å²) < 4.78 is 88.1. The molecule has 9 heteroatoms. The first-order valence-corrected chi connectivity index (χ1v) is 23.1. The molecule has 7 aromatic rings. The number of halogens is 6. The molecule has 0 saturated heterocycles. The molecule has 0 spiro atoms. The minimum atomic E-state index is -4.50. The fraction of sp³-hybridized carbons (Fsp3) is 0.228. The predicted octanol–water partition coefficient (Wildman–Crippen LogP) is 15.4. The van der Waals surface area contributed by atoms with Gasteiger partial charge in [0.05, 0.1) is 11.1 Å². The van der Waals surface area contributed by atoms with Crippen molar-refractivity contribution in [3.05, 3.63) is 201 Å². The molecular formula is C57H47BF6NS. The van der Waals surface area contributed by atoms with Crippen LogP contribution in [-0.4, -0.2) is 11.9 Å². The zero-order valence-corrected chi connectivity index (χ0v) is 38.4. The maximum Gasteiger partial charge on any atom is 0.416 e. The number of alkyl halides is 6. The van der Waals surface area contributed by atoms with Gasteiger partial charge in [0.25, 0.3) is 7.41 Å². The van der Waals surface area contributed by atoms with E-state index in [0.717, 1.165) is 99.7 Å². The highest BCUT2D eigenvalue weighted by atomic mass is 32.1. The van der Waals surface area contributed by atoms with Crippen molar-refractivity contribution in [3.63, 3.8) is 0 Å². The maximum atomic E-state index is 14.0. The normalized spacial score (nSPS) is 17.8. The molecule has 1 nitrogen and oxygen atoms in total. The Morgan fingerprint density at radius 1 is 0.621 bits per heavy atom. The second-order valence-electron chi connectivity index (χ2n) is 19.7. The summed E-state index contributed by atoms with van der Waals surface area (Å²) in [5.74, 6) is -0.288. The fourth-order valence-corrected chi connectivity index (χ4v) is 11.0. The summed E-state index contributed by atoms with van der Waals surface area (Å²) >= 11 is 1.74. The van der Waals surface area contributed by atoms with Crippen LogP contribution in [0.1, 0.15) is 87.8 Å². The van der Waals surface area contributed by atoms with Gasteiger partial charge in [0.2, 0.25) is 0 Å². The molecule has 1 aliphatic heterocycles. The van der Waals surface area contributed by atoms with Gasteiger partial charge < -0.3 is 4.48 Å². The summed E-state index contributed by atoms with van der Waals surface area (Å²) in [5, 5.41) is 4.22. The lowest BCUT2D eigenvalue weighted by molar-refractivity contribution is -0.138. The van der Waals surface area contributed by atoms with Gasteiger partial charge in [-0.1, -0.05) is 151 Å². The molecule has 2 aliphatic carbocycles. The minimum Gasteiger partial charge on any atom is -0.389 e. The lowest BCUT2D eigenvalue weighted by atomic mass is 9.58. The summed E-state index contributed by atoms with van der Waals surface area (Å²) in [6.45, 7) is 13.1. The Morgan fingerprint density at radius 2 is 1.23 bits per heavy atom. The number of thiophene rings is 1. The Balaban J connectivity index is 1.35. The number of aromatic nitrogens is 1. The molecule has 3 heterocycles. The van der Waals surface area contributed by atoms with Crippen molar-refractivity contribution >= 4 is 61.2 Å². The van der Waals surface area contributed by atoms with E-state index in [1.165, 1.54) is 11.1 Å². The van der Waals surface area contributed by atoms with Crippen molar-refractivity contribution < 1.29 is 26.3 Å². The van der Waals surface area contributed by atoms with Gasteiger partial charge >= 0.3 is 12.4 Å². The molecule has 66 heavy (non-hydrogen) atoms. The van der Waals surface area contributed by atoms with Crippen LogP contribution >= 0.6 is 11.3 Å². The van der Waals surface area contributed by atoms with Crippen molar-refractivity contribution in [1.29, 1.82) is 0 Å². The quantitative estimate of drug-likeness (QED) is 0.123. The molecule has 5 aromatic carbocycles. The Morgan fingerprint density at radius 3 is 1.83 bits per heavy atom. The van der Waals surface area contributed by atoms with Gasteiger partial charge in [-0.25, -0.2) is 0 Å². The number of fused-ring (bicyclic) bond motifs is 5. The molecular weight excluding hydrogens is 856 g/mol. The Kier molecular flexibility index (Phi) is 10.5. The Bertz CT molecular complexity index is 3340. The van der Waals surface area contributed by atoms with Crippen LogP contribution in [-0.2, 0) is 17.8 Å². The first-order chi connectivity index (χ1) is 31.2. The van der Waals surface area contributed by atoms with Gasteiger partial charge in [0.15, 0.2) is 0 Å². The van der Waals surface area contributed by atoms with E-state index in [1.807, 2.05) is 0 Å². The number of hydrogen-bond donors (Lipinski definition) is 0. The van der Waals surface area contributed by atoms with E-state index >= 15 is 0 Å². The van der Waals surface area contributed by atoms with Crippen LogP contribution in [0, 0.1) is 5.41 Å². The molecule has 10 rings (SSSR count). The van der Waals surface area contributed by atoms with Crippen LogP contribution in [0.4, 0.5) is 26.3 Å².